The minimum Gasteiger partial charge on any atom is -0.461 e. The second kappa shape index (κ2) is 13.3. The van der Waals surface area contributed by atoms with Crippen LogP contribution in [0.25, 0.3) is 0 Å². The third kappa shape index (κ3) is 5.73. The number of aliphatic hydroxyl groups excluding tert-OH is 7. The number of carbonyl (C=O) groups excluding carboxylic acids is 1. The second-order valence-electron chi connectivity index (χ2n) is 16.2. The average Bonchev–Trinajstić information content (AvgIpc) is 3.63. The molecule has 3 saturated heterocycles. The van der Waals surface area contributed by atoms with Gasteiger partial charge in [-0.25, -0.2) is 0 Å². The van der Waals surface area contributed by atoms with E-state index in [2.05, 4.69) is 13.8 Å². The number of aliphatic hydroxyl groups is 8. The molecule has 14 heteroatoms. The molecule has 0 amide bonds. The number of cyclic esters (lactones) is 1. The van der Waals surface area contributed by atoms with Gasteiger partial charge in [0.05, 0.1) is 31.3 Å². The fraction of sp³-hybridized carbons (Fsp3) is 0.914. The summed E-state index contributed by atoms with van der Waals surface area (Å²) in [6.45, 7) is 3.61. The molecule has 3 heterocycles. The molecule has 3 aliphatic heterocycles. The van der Waals surface area contributed by atoms with Crippen molar-refractivity contribution in [2.45, 2.75) is 151 Å². The Bertz CT molecular complexity index is 1280. The zero-order valence-electron chi connectivity index (χ0n) is 28.3. The number of ether oxygens (including phenoxy) is 5. The molecule has 4 aliphatic carbocycles. The molecule has 0 aromatic carbocycles. The van der Waals surface area contributed by atoms with Gasteiger partial charge in [-0.2, -0.15) is 0 Å². The highest BCUT2D eigenvalue weighted by atomic mass is 16.8. The molecule has 0 aromatic heterocycles. The van der Waals surface area contributed by atoms with Gasteiger partial charge in [-0.05, 0) is 86.5 Å². The Balaban J connectivity index is 1.06. The fourth-order valence-corrected chi connectivity index (χ4v) is 11.2. The topological polar surface area (TPSA) is 225 Å². The second-order valence-corrected chi connectivity index (χ2v) is 16.2. The lowest BCUT2D eigenvalue weighted by Gasteiger charge is -2.63. The minimum atomic E-state index is -1.74. The van der Waals surface area contributed by atoms with Crippen LogP contribution in [0.5, 0.6) is 0 Å². The summed E-state index contributed by atoms with van der Waals surface area (Å²) in [5.41, 5.74) is 1.03. The normalized spacial score (nSPS) is 54.6. The first-order chi connectivity index (χ1) is 23.3. The Labute approximate surface area is 285 Å². The van der Waals surface area contributed by atoms with Crippen molar-refractivity contribution in [3.63, 3.8) is 0 Å². The van der Waals surface area contributed by atoms with Crippen molar-refractivity contribution < 1.29 is 69.3 Å². The molecular formula is C35H54O14. The molecule has 17 atom stereocenters. The van der Waals surface area contributed by atoms with Gasteiger partial charge in [0.25, 0.3) is 0 Å². The SMILES string of the molecule is C[C@]12CC[C@@H](O[C@H]3O[C@@H](CO)[C@@H](O)[C@@H](O)[C@H]3O[C@H]3O[C@@H](CO)[C@@H](O)[C@@H](O)[C@H]3O)C[C@@H]1CC[C@@H]1[C@@H]2CC[C@@]2(C)/C(=C3\COC(=O)C3)CC[C@]12O. The van der Waals surface area contributed by atoms with Crippen molar-refractivity contribution in [3.8, 4) is 0 Å². The van der Waals surface area contributed by atoms with Crippen LogP contribution in [0.2, 0.25) is 0 Å². The lowest BCUT2D eigenvalue weighted by Crippen LogP contribution is -2.65. The van der Waals surface area contributed by atoms with Crippen molar-refractivity contribution in [1.29, 1.82) is 0 Å². The fourth-order valence-electron chi connectivity index (χ4n) is 11.2. The molecule has 0 bridgehead atoms. The number of fused-ring (bicyclic) bond motifs is 5. The Hall–Kier alpha value is -1.27. The summed E-state index contributed by atoms with van der Waals surface area (Å²) in [7, 11) is 0. The van der Waals surface area contributed by atoms with Gasteiger partial charge in [0.2, 0.25) is 0 Å². The Morgan fingerprint density at radius 1 is 0.776 bits per heavy atom. The van der Waals surface area contributed by atoms with Crippen molar-refractivity contribution in [2.75, 3.05) is 19.8 Å². The van der Waals surface area contributed by atoms with Crippen LogP contribution in [-0.4, -0.2) is 140 Å². The molecule has 7 fully saturated rings. The Kier molecular flexibility index (Phi) is 9.80. The maximum Gasteiger partial charge on any atom is 0.310 e. The highest BCUT2D eigenvalue weighted by molar-refractivity contribution is 5.76. The van der Waals surface area contributed by atoms with Crippen molar-refractivity contribution in [3.05, 3.63) is 11.1 Å². The molecule has 4 saturated carbocycles. The number of hydrogen-bond acceptors (Lipinski definition) is 14. The first-order valence-corrected chi connectivity index (χ1v) is 18.1. The lowest BCUT2D eigenvalue weighted by molar-refractivity contribution is -0.373. The molecule has 278 valence electrons. The Morgan fingerprint density at radius 3 is 2.14 bits per heavy atom. The zero-order valence-corrected chi connectivity index (χ0v) is 28.3. The maximum absolute atomic E-state index is 12.5. The van der Waals surface area contributed by atoms with Gasteiger partial charge >= 0.3 is 5.97 Å². The summed E-state index contributed by atoms with van der Waals surface area (Å²) in [5, 5.41) is 84.8. The van der Waals surface area contributed by atoms with Crippen LogP contribution in [0.4, 0.5) is 0 Å². The van der Waals surface area contributed by atoms with Gasteiger partial charge in [0, 0.05) is 5.41 Å². The van der Waals surface area contributed by atoms with E-state index in [1.807, 2.05) is 0 Å². The quantitative estimate of drug-likeness (QED) is 0.0986. The van der Waals surface area contributed by atoms with E-state index in [1.54, 1.807) is 0 Å². The largest absolute Gasteiger partial charge is 0.461 e. The van der Waals surface area contributed by atoms with E-state index in [1.165, 1.54) is 5.57 Å². The smallest absolute Gasteiger partial charge is 0.310 e. The third-order valence-electron chi connectivity index (χ3n) is 14.1. The monoisotopic (exact) mass is 698 g/mol. The highest BCUT2D eigenvalue weighted by Gasteiger charge is 2.66. The van der Waals surface area contributed by atoms with Gasteiger partial charge < -0.3 is 64.5 Å². The molecule has 0 spiro atoms. The van der Waals surface area contributed by atoms with Crippen LogP contribution in [0.3, 0.4) is 0 Å². The van der Waals surface area contributed by atoms with Crippen LogP contribution in [0.15, 0.2) is 11.1 Å². The van der Waals surface area contributed by atoms with Crippen LogP contribution in [0, 0.1) is 28.6 Å². The molecule has 0 aromatic rings. The van der Waals surface area contributed by atoms with Gasteiger partial charge in [-0.15, -0.1) is 0 Å². The average molecular weight is 699 g/mol. The van der Waals surface area contributed by atoms with Gasteiger partial charge in [-0.1, -0.05) is 19.4 Å². The van der Waals surface area contributed by atoms with Gasteiger partial charge in [0.15, 0.2) is 12.6 Å². The van der Waals surface area contributed by atoms with E-state index in [4.69, 9.17) is 23.7 Å². The molecule has 7 rings (SSSR count). The molecule has 14 nitrogen and oxygen atoms in total. The van der Waals surface area contributed by atoms with Crippen molar-refractivity contribution >= 4 is 5.97 Å². The van der Waals surface area contributed by atoms with Crippen LogP contribution < -0.4 is 0 Å². The standard InChI is InChI=1S/C35H54O14/c1-33-8-5-18(46-32-30(28(42)26(40)23(14-37)48-32)49-31-29(43)27(41)25(39)22(13-36)47-31)12-17(33)3-4-21-20(33)6-9-34(2)19(7-10-35(21,34)44)16-11-24(38)45-15-16/h17-18,20-23,25-32,36-37,39-44H,3-15H2,1-2H3/b19-16-/t17-,18+,20-,21+,22-,23-,25+,26+,27+,28+,29+,30+,31+,32-,33-,34-,35-/m0/s1. The minimum absolute atomic E-state index is 0.0365. The van der Waals surface area contributed by atoms with E-state index in [0.29, 0.717) is 38.2 Å². The number of hydrogen-bond donors (Lipinski definition) is 8. The summed E-state index contributed by atoms with van der Waals surface area (Å²) >= 11 is 0. The molecular weight excluding hydrogens is 644 g/mol. The summed E-state index contributed by atoms with van der Waals surface area (Å²) in [4.78, 5) is 11.9. The van der Waals surface area contributed by atoms with E-state index in [-0.39, 0.29) is 34.7 Å². The predicted molar refractivity (Wildman–Crippen MR) is 167 cm³/mol. The van der Waals surface area contributed by atoms with Gasteiger partial charge in [-0.3, -0.25) is 4.79 Å². The van der Waals surface area contributed by atoms with E-state index >= 15 is 0 Å². The summed E-state index contributed by atoms with van der Waals surface area (Å²) in [5.74, 6) is 0.560. The highest BCUT2D eigenvalue weighted by Crippen LogP contribution is 2.69. The van der Waals surface area contributed by atoms with Crippen LogP contribution >= 0.6 is 0 Å². The van der Waals surface area contributed by atoms with Crippen molar-refractivity contribution in [1.82, 2.24) is 0 Å². The Morgan fingerprint density at radius 2 is 1.47 bits per heavy atom. The molecule has 7 aliphatic rings. The number of rotatable bonds is 6. The third-order valence-corrected chi connectivity index (χ3v) is 14.1. The van der Waals surface area contributed by atoms with E-state index in [0.717, 1.165) is 44.1 Å². The summed E-state index contributed by atoms with van der Waals surface area (Å²) in [6.07, 6.45) is -7.60. The zero-order chi connectivity index (χ0) is 35.0. The summed E-state index contributed by atoms with van der Waals surface area (Å²) < 4.78 is 29.1. The molecule has 8 N–H and O–H groups in total. The molecule has 49 heavy (non-hydrogen) atoms. The maximum atomic E-state index is 12.5. The van der Waals surface area contributed by atoms with E-state index in [9.17, 15) is 45.6 Å². The number of carbonyl (C=O) groups is 1. The van der Waals surface area contributed by atoms with Crippen LogP contribution in [0.1, 0.15) is 78.1 Å². The van der Waals surface area contributed by atoms with E-state index < -0.39 is 80.2 Å². The van der Waals surface area contributed by atoms with Crippen LogP contribution in [-0.2, 0) is 28.5 Å². The molecule has 0 unspecified atom stereocenters. The predicted octanol–water partition coefficient (Wildman–Crippen LogP) is -0.603. The first kappa shape index (κ1) is 36.1. The lowest BCUT2D eigenvalue weighted by atomic mass is 9.43. The summed E-state index contributed by atoms with van der Waals surface area (Å²) in [6, 6.07) is 0. The van der Waals surface area contributed by atoms with Gasteiger partial charge in [0.1, 0.15) is 55.4 Å². The first-order valence-electron chi connectivity index (χ1n) is 18.1. The molecule has 0 radical (unpaired) electrons. The number of esters is 1. The van der Waals surface area contributed by atoms with Crippen molar-refractivity contribution in [2.24, 2.45) is 28.6 Å².